The molecule has 1 fully saturated rings. The Kier molecular flexibility index (Phi) is 11.3. The maximum Gasteiger partial charge on any atom is 0.307 e. The van der Waals surface area contributed by atoms with E-state index in [1.54, 1.807) is 7.05 Å². The highest BCUT2D eigenvalue weighted by Gasteiger charge is 2.11. The number of nitrogens with zero attached hydrogens (tertiary/aromatic N) is 2. The van der Waals surface area contributed by atoms with Crippen LogP contribution in [0, 0.1) is 0 Å². The fourth-order valence-electron chi connectivity index (χ4n) is 2.97. The Morgan fingerprint density at radius 2 is 1.78 bits per heavy atom. The minimum atomic E-state index is -0.198. The van der Waals surface area contributed by atoms with Crippen molar-refractivity contribution < 1.29 is 9.53 Å². The number of carbonyl (C=O) groups excluding carboxylic acids is 1. The van der Waals surface area contributed by atoms with Crippen molar-refractivity contribution in [2.24, 2.45) is 4.99 Å². The van der Waals surface area contributed by atoms with Crippen molar-refractivity contribution in [1.82, 2.24) is 15.5 Å². The zero-order chi connectivity index (χ0) is 18.8. The van der Waals surface area contributed by atoms with Crippen molar-refractivity contribution in [2.45, 2.75) is 52.3 Å². The SMILES string of the molecule is CN=C(NCCC(=O)OC(C)C)NCc1ccc(CN2CCCC2)cc1.I. The van der Waals surface area contributed by atoms with E-state index < -0.39 is 0 Å². The van der Waals surface area contributed by atoms with Crippen LogP contribution in [0.2, 0.25) is 0 Å². The summed E-state index contributed by atoms with van der Waals surface area (Å²) >= 11 is 0. The number of likely N-dealkylation sites (tertiary alicyclic amines) is 1. The highest BCUT2D eigenvalue weighted by atomic mass is 127. The number of carbonyl (C=O) groups is 1. The van der Waals surface area contributed by atoms with Crippen LogP contribution < -0.4 is 10.6 Å². The Morgan fingerprint density at radius 1 is 1.15 bits per heavy atom. The Bertz CT molecular complexity index is 584. The van der Waals surface area contributed by atoms with Crippen molar-refractivity contribution in [3.8, 4) is 0 Å². The molecule has 1 heterocycles. The smallest absolute Gasteiger partial charge is 0.307 e. The van der Waals surface area contributed by atoms with Crippen molar-refractivity contribution in [3.63, 3.8) is 0 Å². The molecule has 0 aliphatic carbocycles. The number of rotatable bonds is 8. The second-order valence-electron chi connectivity index (χ2n) is 6.94. The number of benzene rings is 1. The molecule has 0 aromatic heterocycles. The first-order chi connectivity index (χ1) is 12.6. The molecule has 152 valence electrons. The summed E-state index contributed by atoms with van der Waals surface area (Å²) in [4.78, 5) is 18.2. The number of halogens is 1. The average molecular weight is 488 g/mol. The molecule has 0 bridgehead atoms. The zero-order valence-corrected chi connectivity index (χ0v) is 19.0. The number of ether oxygens (including phenoxy) is 1. The third-order valence-corrected chi connectivity index (χ3v) is 4.30. The van der Waals surface area contributed by atoms with Gasteiger partial charge in [-0.25, -0.2) is 0 Å². The predicted molar refractivity (Wildman–Crippen MR) is 120 cm³/mol. The van der Waals surface area contributed by atoms with Crippen LogP contribution in [0.5, 0.6) is 0 Å². The zero-order valence-electron chi connectivity index (χ0n) is 16.7. The Balaban J connectivity index is 0.00000364. The van der Waals surface area contributed by atoms with Crippen LogP contribution in [0.15, 0.2) is 29.3 Å². The summed E-state index contributed by atoms with van der Waals surface area (Å²) in [6.07, 6.45) is 2.89. The molecule has 0 saturated carbocycles. The van der Waals surface area contributed by atoms with Gasteiger partial charge in [-0.05, 0) is 50.9 Å². The molecular formula is C20H33IN4O2. The summed E-state index contributed by atoms with van der Waals surface area (Å²) in [5, 5.41) is 6.40. The molecule has 2 rings (SSSR count). The summed E-state index contributed by atoms with van der Waals surface area (Å²) in [6, 6.07) is 8.72. The quantitative estimate of drug-likeness (QED) is 0.255. The molecule has 0 radical (unpaired) electrons. The third kappa shape index (κ3) is 9.41. The van der Waals surface area contributed by atoms with Gasteiger partial charge in [0, 0.05) is 26.7 Å². The van der Waals surface area contributed by atoms with Gasteiger partial charge < -0.3 is 15.4 Å². The van der Waals surface area contributed by atoms with Gasteiger partial charge in [-0.2, -0.15) is 0 Å². The predicted octanol–water partition coefficient (Wildman–Crippen LogP) is 2.91. The third-order valence-electron chi connectivity index (χ3n) is 4.30. The number of esters is 1. The van der Waals surface area contributed by atoms with E-state index in [1.165, 1.54) is 37.1 Å². The first-order valence-electron chi connectivity index (χ1n) is 9.51. The molecule has 1 aliphatic heterocycles. The van der Waals surface area contributed by atoms with E-state index in [0.717, 1.165) is 6.54 Å². The summed E-state index contributed by atoms with van der Waals surface area (Å²) in [5.41, 5.74) is 2.57. The molecule has 0 unspecified atom stereocenters. The number of hydrogen-bond acceptors (Lipinski definition) is 4. The average Bonchev–Trinajstić information content (AvgIpc) is 3.11. The van der Waals surface area contributed by atoms with Gasteiger partial charge in [0.1, 0.15) is 0 Å². The fourth-order valence-corrected chi connectivity index (χ4v) is 2.97. The molecular weight excluding hydrogens is 455 g/mol. The molecule has 1 aromatic rings. The van der Waals surface area contributed by atoms with Gasteiger partial charge in [0.05, 0.1) is 12.5 Å². The van der Waals surface area contributed by atoms with Crippen molar-refractivity contribution in [3.05, 3.63) is 35.4 Å². The second-order valence-corrected chi connectivity index (χ2v) is 6.94. The minimum Gasteiger partial charge on any atom is -0.463 e. The summed E-state index contributed by atoms with van der Waals surface area (Å²) in [6.45, 7) is 8.37. The van der Waals surface area contributed by atoms with Gasteiger partial charge >= 0.3 is 5.97 Å². The number of guanidine groups is 1. The Morgan fingerprint density at radius 3 is 2.37 bits per heavy atom. The first kappa shape index (κ1) is 23.7. The summed E-state index contributed by atoms with van der Waals surface area (Å²) < 4.78 is 5.11. The van der Waals surface area contributed by atoms with Gasteiger partial charge in [-0.3, -0.25) is 14.7 Å². The molecule has 0 spiro atoms. The van der Waals surface area contributed by atoms with Gasteiger partial charge in [-0.1, -0.05) is 24.3 Å². The van der Waals surface area contributed by atoms with Crippen LogP contribution in [0.1, 0.15) is 44.2 Å². The molecule has 7 heteroatoms. The van der Waals surface area contributed by atoms with Crippen LogP contribution in [0.25, 0.3) is 0 Å². The highest BCUT2D eigenvalue weighted by molar-refractivity contribution is 14.0. The minimum absolute atomic E-state index is 0. The number of nitrogens with one attached hydrogen (secondary N) is 2. The molecule has 1 aromatic carbocycles. The van der Waals surface area contributed by atoms with Crippen molar-refractivity contribution in [1.29, 1.82) is 0 Å². The molecule has 0 amide bonds. The Labute approximate surface area is 180 Å². The van der Waals surface area contributed by atoms with Crippen LogP contribution in [0.3, 0.4) is 0 Å². The summed E-state index contributed by atoms with van der Waals surface area (Å²) in [5.74, 6) is 0.486. The number of aliphatic imine (C=N–C) groups is 1. The highest BCUT2D eigenvalue weighted by Crippen LogP contribution is 2.13. The van der Waals surface area contributed by atoms with Gasteiger partial charge in [0.15, 0.2) is 5.96 Å². The number of hydrogen-bond donors (Lipinski definition) is 2. The van der Waals surface area contributed by atoms with E-state index in [2.05, 4.69) is 44.8 Å². The molecule has 2 N–H and O–H groups in total. The molecule has 27 heavy (non-hydrogen) atoms. The lowest BCUT2D eigenvalue weighted by molar-refractivity contribution is -0.147. The largest absolute Gasteiger partial charge is 0.463 e. The van der Waals surface area contributed by atoms with Crippen molar-refractivity contribution in [2.75, 3.05) is 26.7 Å². The normalized spacial score (nSPS) is 14.7. The lowest BCUT2D eigenvalue weighted by Gasteiger charge is -2.15. The first-order valence-corrected chi connectivity index (χ1v) is 9.51. The lowest BCUT2D eigenvalue weighted by atomic mass is 10.1. The van der Waals surface area contributed by atoms with Crippen molar-refractivity contribution >= 4 is 35.9 Å². The van der Waals surface area contributed by atoms with Crippen LogP contribution >= 0.6 is 24.0 Å². The molecule has 1 saturated heterocycles. The van der Waals surface area contributed by atoms with E-state index in [9.17, 15) is 4.79 Å². The topological polar surface area (TPSA) is 66.0 Å². The second kappa shape index (κ2) is 12.9. The maximum atomic E-state index is 11.5. The molecule has 0 atom stereocenters. The standard InChI is InChI=1S/C20H32N4O2.HI/c1-16(2)26-19(25)10-11-22-20(21-3)23-14-17-6-8-18(9-7-17)15-24-12-4-5-13-24;/h6-9,16H,4-5,10-15H2,1-3H3,(H2,21,22,23);1H. The van der Waals surface area contributed by atoms with E-state index in [1.807, 2.05) is 13.8 Å². The fraction of sp³-hybridized carbons (Fsp3) is 0.600. The van der Waals surface area contributed by atoms with Gasteiger partial charge in [-0.15, -0.1) is 24.0 Å². The monoisotopic (exact) mass is 488 g/mol. The van der Waals surface area contributed by atoms with E-state index in [4.69, 9.17) is 4.74 Å². The maximum absolute atomic E-state index is 11.5. The lowest BCUT2D eigenvalue weighted by Crippen LogP contribution is -2.38. The van der Waals surface area contributed by atoms with Crippen LogP contribution in [0.4, 0.5) is 0 Å². The molecule has 1 aliphatic rings. The van der Waals surface area contributed by atoms with E-state index in [-0.39, 0.29) is 36.0 Å². The Hall–Kier alpha value is -1.35. The van der Waals surface area contributed by atoms with Crippen LogP contribution in [-0.4, -0.2) is 49.6 Å². The van der Waals surface area contributed by atoms with Gasteiger partial charge in [0.2, 0.25) is 0 Å². The van der Waals surface area contributed by atoms with Crippen LogP contribution in [-0.2, 0) is 22.6 Å². The molecule has 6 nitrogen and oxygen atoms in total. The van der Waals surface area contributed by atoms with E-state index in [0.29, 0.717) is 25.5 Å². The summed E-state index contributed by atoms with van der Waals surface area (Å²) in [7, 11) is 1.72. The van der Waals surface area contributed by atoms with Gasteiger partial charge in [0.25, 0.3) is 0 Å². The van der Waals surface area contributed by atoms with E-state index >= 15 is 0 Å².